The maximum atomic E-state index is 13.6. The number of morpholine rings is 1. The summed E-state index contributed by atoms with van der Waals surface area (Å²) in [6.07, 6.45) is -0.333. The minimum atomic E-state index is -3.81. The second-order valence-corrected chi connectivity index (χ2v) is 5.93. The van der Waals surface area contributed by atoms with E-state index in [1.54, 1.807) is 0 Å². The summed E-state index contributed by atoms with van der Waals surface area (Å²) in [7, 11) is -3.81. The van der Waals surface area contributed by atoms with Gasteiger partial charge in [-0.3, -0.25) is 0 Å². The molecule has 0 aromatic heterocycles. The van der Waals surface area contributed by atoms with E-state index >= 15 is 0 Å². The molecule has 1 aromatic rings. The zero-order valence-corrected chi connectivity index (χ0v) is 10.6. The van der Waals surface area contributed by atoms with Crippen LogP contribution in [0.5, 0.6) is 0 Å². The number of sulfonamides is 1. The lowest BCUT2D eigenvalue weighted by atomic mass is 10.3. The van der Waals surface area contributed by atoms with Gasteiger partial charge in [-0.25, -0.2) is 12.8 Å². The van der Waals surface area contributed by atoms with Crippen LogP contribution in [0.1, 0.15) is 0 Å². The molecule has 1 aromatic carbocycles. The number of nitrogens with two attached hydrogens (primary N) is 1. The zero-order chi connectivity index (χ0) is 13.2. The molecule has 1 saturated heterocycles. The van der Waals surface area contributed by atoms with Crippen LogP contribution in [0, 0.1) is 5.82 Å². The Morgan fingerprint density at radius 2 is 2.17 bits per heavy atom. The predicted molar refractivity (Wildman–Crippen MR) is 64.0 cm³/mol. The van der Waals surface area contributed by atoms with E-state index in [4.69, 9.17) is 10.5 Å². The third-order valence-electron chi connectivity index (χ3n) is 2.82. The summed E-state index contributed by atoms with van der Waals surface area (Å²) in [5.74, 6) is -0.742. The number of benzene rings is 1. The lowest BCUT2D eigenvalue weighted by Gasteiger charge is -2.31. The maximum absolute atomic E-state index is 13.6. The average molecular weight is 274 g/mol. The molecule has 1 aliphatic heterocycles. The molecule has 1 atom stereocenters. The molecular weight excluding hydrogens is 259 g/mol. The van der Waals surface area contributed by atoms with Crippen molar-refractivity contribution in [3.8, 4) is 0 Å². The molecule has 7 heteroatoms. The van der Waals surface area contributed by atoms with E-state index in [-0.39, 0.29) is 37.2 Å². The fourth-order valence-electron chi connectivity index (χ4n) is 1.85. The molecule has 0 radical (unpaired) electrons. The van der Waals surface area contributed by atoms with Crippen molar-refractivity contribution in [2.24, 2.45) is 5.73 Å². The van der Waals surface area contributed by atoms with Crippen molar-refractivity contribution >= 4 is 10.0 Å². The van der Waals surface area contributed by atoms with Crippen LogP contribution in [0.2, 0.25) is 0 Å². The zero-order valence-electron chi connectivity index (χ0n) is 9.75. The van der Waals surface area contributed by atoms with Crippen LogP contribution in [0.15, 0.2) is 29.2 Å². The number of ether oxygens (including phenoxy) is 1. The molecule has 0 bridgehead atoms. The van der Waals surface area contributed by atoms with Crippen molar-refractivity contribution in [2.75, 3.05) is 26.2 Å². The molecule has 1 aliphatic rings. The van der Waals surface area contributed by atoms with Crippen molar-refractivity contribution in [3.63, 3.8) is 0 Å². The summed E-state index contributed by atoms with van der Waals surface area (Å²) in [5.41, 5.74) is 5.46. The van der Waals surface area contributed by atoms with Gasteiger partial charge in [0.05, 0.1) is 12.7 Å². The third-order valence-corrected chi connectivity index (χ3v) is 4.72. The van der Waals surface area contributed by atoms with E-state index in [0.717, 1.165) is 6.07 Å². The van der Waals surface area contributed by atoms with Crippen molar-refractivity contribution in [1.82, 2.24) is 4.31 Å². The molecule has 0 spiro atoms. The highest BCUT2D eigenvalue weighted by atomic mass is 32.2. The monoisotopic (exact) mass is 274 g/mol. The summed E-state index contributed by atoms with van der Waals surface area (Å²) in [5, 5.41) is 0. The fraction of sp³-hybridized carbons (Fsp3) is 0.455. The van der Waals surface area contributed by atoms with Gasteiger partial charge in [-0.15, -0.1) is 0 Å². The molecule has 18 heavy (non-hydrogen) atoms. The first-order chi connectivity index (χ1) is 8.55. The highest BCUT2D eigenvalue weighted by molar-refractivity contribution is 7.89. The van der Waals surface area contributed by atoms with Gasteiger partial charge in [0.2, 0.25) is 10.0 Å². The van der Waals surface area contributed by atoms with Gasteiger partial charge in [0, 0.05) is 19.6 Å². The average Bonchev–Trinajstić information content (AvgIpc) is 2.39. The quantitative estimate of drug-likeness (QED) is 0.853. The summed E-state index contributed by atoms with van der Waals surface area (Å²) in [6.45, 7) is 0.888. The topological polar surface area (TPSA) is 72.6 Å². The molecule has 0 saturated carbocycles. The highest BCUT2D eigenvalue weighted by Gasteiger charge is 2.31. The second-order valence-electron chi connectivity index (χ2n) is 4.02. The lowest BCUT2D eigenvalue weighted by Crippen LogP contribution is -2.48. The van der Waals surface area contributed by atoms with Crippen LogP contribution in [-0.2, 0) is 14.8 Å². The number of nitrogens with zero attached hydrogens (tertiary/aromatic N) is 1. The minimum Gasteiger partial charge on any atom is -0.374 e. The molecule has 5 nitrogen and oxygen atoms in total. The Kier molecular flexibility index (Phi) is 3.96. The van der Waals surface area contributed by atoms with Crippen molar-refractivity contribution in [2.45, 2.75) is 11.0 Å². The Balaban J connectivity index is 2.29. The van der Waals surface area contributed by atoms with Gasteiger partial charge < -0.3 is 10.5 Å². The van der Waals surface area contributed by atoms with E-state index in [2.05, 4.69) is 0 Å². The van der Waals surface area contributed by atoms with Crippen molar-refractivity contribution in [1.29, 1.82) is 0 Å². The first-order valence-corrected chi connectivity index (χ1v) is 7.06. The van der Waals surface area contributed by atoms with Crippen LogP contribution in [0.4, 0.5) is 4.39 Å². The highest BCUT2D eigenvalue weighted by Crippen LogP contribution is 2.20. The SMILES string of the molecule is NC[C@H]1CN(S(=O)(=O)c2ccccc2F)CCO1. The number of rotatable bonds is 3. The number of halogens is 1. The Morgan fingerprint density at radius 1 is 1.44 bits per heavy atom. The van der Waals surface area contributed by atoms with E-state index in [1.165, 1.54) is 22.5 Å². The fourth-order valence-corrected chi connectivity index (χ4v) is 3.37. The first kappa shape index (κ1) is 13.4. The number of hydrogen-bond donors (Lipinski definition) is 1. The minimum absolute atomic E-state index is 0.160. The Bertz CT molecular complexity index is 521. The summed E-state index contributed by atoms with van der Waals surface area (Å²) >= 11 is 0. The molecule has 2 N–H and O–H groups in total. The van der Waals surface area contributed by atoms with E-state index in [1.807, 2.05) is 0 Å². The van der Waals surface area contributed by atoms with Gasteiger partial charge in [-0.05, 0) is 12.1 Å². The first-order valence-electron chi connectivity index (χ1n) is 5.62. The standard InChI is InChI=1S/C11H15FN2O3S/c12-10-3-1-2-4-11(10)18(15,16)14-5-6-17-9(7-13)8-14/h1-4,9H,5-8,13H2/t9-/m0/s1. The summed E-state index contributed by atoms with van der Waals surface area (Å²) in [6, 6.07) is 5.35. The van der Waals surface area contributed by atoms with Gasteiger partial charge in [0.15, 0.2) is 0 Å². The number of hydrogen-bond acceptors (Lipinski definition) is 4. The molecular formula is C11H15FN2O3S. The van der Waals surface area contributed by atoms with Crippen LogP contribution in [0.25, 0.3) is 0 Å². The molecule has 2 rings (SSSR count). The van der Waals surface area contributed by atoms with Gasteiger partial charge in [0.1, 0.15) is 10.7 Å². The summed E-state index contributed by atoms with van der Waals surface area (Å²) in [4.78, 5) is -0.303. The lowest BCUT2D eigenvalue weighted by molar-refractivity contribution is 0.00445. The van der Waals surface area contributed by atoms with Crippen LogP contribution in [-0.4, -0.2) is 45.1 Å². The smallest absolute Gasteiger partial charge is 0.246 e. The van der Waals surface area contributed by atoms with E-state index in [9.17, 15) is 12.8 Å². The Morgan fingerprint density at radius 3 is 2.83 bits per heavy atom. The van der Waals surface area contributed by atoms with Gasteiger partial charge in [0.25, 0.3) is 0 Å². The van der Waals surface area contributed by atoms with Crippen LogP contribution >= 0.6 is 0 Å². The molecule has 100 valence electrons. The van der Waals surface area contributed by atoms with E-state index < -0.39 is 15.8 Å². The molecule has 0 unspecified atom stereocenters. The second kappa shape index (κ2) is 5.31. The Labute approximate surface area is 105 Å². The largest absolute Gasteiger partial charge is 0.374 e. The van der Waals surface area contributed by atoms with Crippen molar-refractivity contribution < 1.29 is 17.5 Å². The van der Waals surface area contributed by atoms with Crippen molar-refractivity contribution in [3.05, 3.63) is 30.1 Å². The normalized spacial score (nSPS) is 22.0. The molecule has 0 amide bonds. The van der Waals surface area contributed by atoms with Gasteiger partial charge >= 0.3 is 0 Å². The molecule has 1 heterocycles. The molecule has 1 fully saturated rings. The van der Waals surface area contributed by atoms with E-state index in [0.29, 0.717) is 0 Å². The molecule has 0 aliphatic carbocycles. The predicted octanol–water partition coefficient (Wildman–Crippen LogP) is 0.174. The maximum Gasteiger partial charge on any atom is 0.246 e. The Hall–Kier alpha value is -1.02. The summed E-state index contributed by atoms with van der Waals surface area (Å²) < 4.78 is 44.6. The van der Waals surface area contributed by atoms with Gasteiger partial charge in [-0.2, -0.15) is 4.31 Å². The van der Waals surface area contributed by atoms with Crippen LogP contribution < -0.4 is 5.73 Å². The van der Waals surface area contributed by atoms with Crippen LogP contribution in [0.3, 0.4) is 0 Å². The third kappa shape index (κ3) is 2.54. The van der Waals surface area contributed by atoms with Gasteiger partial charge in [-0.1, -0.05) is 12.1 Å².